The van der Waals surface area contributed by atoms with Crippen molar-refractivity contribution < 1.29 is 0 Å². The monoisotopic (exact) mass is 311 g/mol. The molecule has 0 unspecified atom stereocenters. The normalized spacial score (nSPS) is 10.2. The van der Waals surface area contributed by atoms with E-state index in [4.69, 9.17) is 11.7 Å². The molecule has 1 heterocycles. The zero-order valence-electron chi connectivity index (χ0n) is 11.3. The highest BCUT2D eigenvalue weighted by molar-refractivity contribution is 7.98. The van der Waals surface area contributed by atoms with E-state index in [1.165, 1.54) is 0 Å². The first kappa shape index (κ1) is 18.4. The molecule has 0 bridgehead atoms. The van der Waals surface area contributed by atoms with Gasteiger partial charge in [-0.05, 0) is 6.92 Å². The molecule has 0 spiro atoms. The molecule has 1 aromatic heterocycles. The fraction of sp³-hybridized carbons (Fsp3) is 0.462. The van der Waals surface area contributed by atoms with Crippen molar-refractivity contribution in [2.45, 2.75) is 19.1 Å². The Bertz CT molecular complexity index is 498. The van der Waals surface area contributed by atoms with Crippen molar-refractivity contribution in [1.82, 2.24) is 15.3 Å². The Morgan fingerprint density at radius 3 is 3.05 bits per heavy atom. The molecule has 0 aliphatic rings. The molecule has 0 aliphatic heterocycles. The lowest BCUT2D eigenvalue weighted by Crippen LogP contribution is -2.23. The van der Waals surface area contributed by atoms with Gasteiger partial charge in [-0.3, -0.25) is 4.99 Å². The molecular weight excluding hydrogens is 294 g/mol. The third-order valence-corrected chi connectivity index (χ3v) is 3.30. The topological polar surface area (TPSA) is 76.9 Å². The van der Waals surface area contributed by atoms with Gasteiger partial charge in [-0.1, -0.05) is 5.92 Å². The maximum absolute atomic E-state index is 8.65. The fourth-order valence-corrected chi connectivity index (χ4v) is 2.20. The number of nitrogens with one attached hydrogen (secondary N) is 2. The summed E-state index contributed by atoms with van der Waals surface area (Å²) in [6, 6.07) is 2.06. The number of aromatic amines is 1. The molecule has 0 aliphatic carbocycles. The Kier molecular flexibility index (Phi) is 10.3. The largest absolute Gasteiger partial charge is 0.362 e. The minimum atomic E-state index is 0. The van der Waals surface area contributed by atoms with E-state index in [0.29, 0.717) is 18.9 Å². The molecule has 1 rings (SSSR count). The highest BCUT2D eigenvalue weighted by atomic mass is 35.5. The number of hydrogen-bond acceptors (Lipinski definition) is 4. The summed E-state index contributed by atoms with van der Waals surface area (Å²) in [6.45, 7) is 3.08. The lowest BCUT2D eigenvalue weighted by Gasteiger charge is -2.03. The van der Waals surface area contributed by atoms with Gasteiger partial charge in [0.2, 0.25) is 0 Å². The second kappa shape index (κ2) is 11.2. The van der Waals surface area contributed by atoms with Crippen LogP contribution in [0, 0.1) is 30.6 Å². The summed E-state index contributed by atoms with van der Waals surface area (Å²) >= 11 is 1.77. The average molecular weight is 312 g/mol. The fourth-order valence-electron chi connectivity index (χ4n) is 1.35. The molecule has 1 aromatic rings. The van der Waals surface area contributed by atoms with Crippen LogP contribution < -0.4 is 5.32 Å². The maximum atomic E-state index is 8.65. The average Bonchev–Trinajstić information content (AvgIpc) is 2.81. The number of hydrogen-bond donors (Lipinski definition) is 2. The predicted octanol–water partition coefficient (Wildman–Crippen LogP) is 1.91. The van der Waals surface area contributed by atoms with Gasteiger partial charge in [-0.25, -0.2) is 4.98 Å². The van der Waals surface area contributed by atoms with Crippen LogP contribution in [-0.2, 0) is 5.75 Å². The Morgan fingerprint density at radius 2 is 2.45 bits per heavy atom. The molecule has 7 heteroatoms. The van der Waals surface area contributed by atoms with E-state index in [9.17, 15) is 0 Å². The summed E-state index contributed by atoms with van der Waals surface area (Å²) in [6.07, 6.45) is 7.13. The molecule has 2 N–H and O–H groups in total. The van der Waals surface area contributed by atoms with Crippen molar-refractivity contribution in [3.8, 4) is 18.4 Å². The van der Waals surface area contributed by atoms with Gasteiger partial charge < -0.3 is 10.3 Å². The number of aromatic nitrogens is 2. The number of rotatable bonds is 7. The number of H-pyrrole nitrogens is 1. The Morgan fingerprint density at radius 1 is 1.65 bits per heavy atom. The Hall–Kier alpha value is -1.63. The maximum Gasteiger partial charge on any atom is 0.111 e. The summed E-state index contributed by atoms with van der Waals surface area (Å²) in [7, 11) is 0. The number of nitrogens with zero attached hydrogens (tertiary/aromatic N) is 3. The van der Waals surface area contributed by atoms with Crippen molar-refractivity contribution in [1.29, 1.82) is 5.26 Å². The van der Waals surface area contributed by atoms with Gasteiger partial charge in [-0.15, -0.1) is 18.8 Å². The van der Waals surface area contributed by atoms with E-state index < -0.39 is 0 Å². The zero-order valence-corrected chi connectivity index (χ0v) is 13.0. The molecule has 0 atom stereocenters. The molecule has 0 aromatic carbocycles. The molecule has 20 heavy (non-hydrogen) atoms. The zero-order chi connectivity index (χ0) is 13.9. The smallest absolute Gasteiger partial charge is 0.111 e. The third kappa shape index (κ3) is 7.08. The first-order chi connectivity index (χ1) is 9.27. The minimum Gasteiger partial charge on any atom is -0.362 e. The Labute approximate surface area is 130 Å². The van der Waals surface area contributed by atoms with Crippen LogP contribution in [0.3, 0.4) is 0 Å². The van der Waals surface area contributed by atoms with E-state index in [1.807, 2.05) is 6.92 Å². The predicted molar refractivity (Wildman–Crippen MR) is 86.1 cm³/mol. The number of nitriles is 1. The number of aryl methyl sites for hydroxylation is 1. The second-order valence-electron chi connectivity index (χ2n) is 3.75. The number of imidazole rings is 1. The quantitative estimate of drug-likeness (QED) is 0.349. The first-order valence-corrected chi connectivity index (χ1v) is 7.07. The van der Waals surface area contributed by atoms with E-state index in [1.54, 1.807) is 18.1 Å². The van der Waals surface area contributed by atoms with Crippen molar-refractivity contribution >= 4 is 30.0 Å². The molecular formula is C13H18ClN5S. The molecule has 0 radical (unpaired) electrons. The lowest BCUT2D eigenvalue weighted by atomic mass is 10.4. The van der Waals surface area contributed by atoms with Crippen LogP contribution in [0.15, 0.2) is 11.3 Å². The highest BCUT2D eigenvalue weighted by Crippen LogP contribution is 2.11. The summed E-state index contributed by atoms with van der Waals surface area (Å²) in [5.74, 6) is 4.89. The summed E-state index contributed by atoms with van der Waals surface area (Å²) < 4.78 is 0. The van der Waals surface area contributed by atoms with Crippen LogP contribution >= 0.6 is 24.2 Å². The van der Waals surface area contributed by atoms with Crippen molar-refractivity contribution in [2.75, 3.05) is 18.8 Å². The van der Waals surface area contributed by atoms with Gasteiger partial charge in [0.25, 0.3) is 0 Å². The third-order valence-electron chi connectivity index (χ3n) is 2.35. The van der Waals surface area contributed by atoms with E-state index in [-0.39, 0.29) is 18.8 Å². The SMILES string of the molecule is C#CCNC(CC#N)=NCCSCc1nc[nH]c1C.Cl. The van der Waals surface area contributed by atoms with Crippen LogP contribution in [0.1, 0.15) is 17.8 Å². The van der Waals surface area contributed by atoms with Gasteiger partial charge in [0.05, 0.1) is 37.6 Å². The number of terminal acetylenes is 1. The molecule has 0 fully saturated rings. The van der Waals surface area contributed by atoms with Crippen molar-refractivity contribution in [3.63, 3.8) is 0 Å². The van der Waals surface area contributed by atoms with Gasteiger partial charge >= 0.3 is 0 Å². The summed E-state index contributed by atoms with van der Waals surface area (Å²) in [4.78, 5) is 11.6. The second-order valence-corrected chi connectivity index (χ2v) is 4.85. The lowest BCUT2D eigenvalue weighted by molar-refractivity contribution is 0.997. The van der Waals surface area contributed by atoms with Gasteiger partial charge in [0, 0.05) is 17.2 Å². The van der Waals surface area contributed by atoms with Crippen molar-refractivity contribution in [3.05, 3.63) is 17.7 Å². The standard InChI is InChI=1S/C13H17N5S.ClH/c1-3-6-15-13(4-5-14)16-7-8-19-9-12-11(2)17-10-18-12;/h1,10H,4,6-9H2,2H3,(H,15,16)(H,17,18);1H. The number of thioether (sulfide) groups is 1. The van der Waals surface area contributed by atoms with Crippen LogP contribution in [0.2, 0.25) is 0 Å². The number of halogens is 1. The van der Waals surface area contributed by atoms with E-state index in [0.717, 1.165) is 22.9 Å². The minimum absolute atomic E-state index is 0. The molecule has 108 valence electrons. The molecule has 5 nitrogen and oxygen atoms in total. The molecule has 0 saturated carbocycles. The van der Waals surface area contributed by atoms with Gasteiger partial charge in [-0.2, -0.15) is 17.0 Å². The van der Waals surface area contributed by atoms with Gasteiger partial charge in [0.15, 0.2) is 0 Å². The molecule has 0 saturated heterocycles. The first-order valence-electron chi connectivity index (χ1n) is 5.92. The van der Waals surface area contributed by atoms with Gasteiger partial charge in [0.1, 0.15) is 5.84 Å². The van der Waals surface area contributed by atoms with Crippen LogP contribution in [0.4, 0.5) is 0 Å². The number of aliphatic imine (C=N–C) groups is 1. The number of amidine groups is 1. The Balaban J connectivity index is 0.00000361. The highest BCUT2D eigenvalue weighted by Gasteiger charge is 2.00. The van der Waals surface area contributed by atoms with E-state index in [2.05, 4.69) is 32.3 Å². The molecule has 0 amide bonds. The summed E-state index contributed by atoms with van der Waals surface area (Å²) in [5.41, 5.74) is 2.19. The van der Waals surface area contributed by atoms with Crippen LogP contribution in [0.25, 0.3) is 0 Å². The summed E-state index contributed by atoms with van der Waals surface area (Å²) in [5, 5.41) is 11.6. The van der Waals surface area contributed by atoms with E-state index >= 15 is 0 Å². The van der Waals surface area contributed by atoms with Crippen LogP contribution in [-0.4, -0.2) is 34.6 Å². The van der Waals surface area contributed by atoms with Crippen LogP contribution in [0.5, 0.6) is 0 Å². The van der Waals surface area contributed by atoms with Crippen molar-refractivity contribution in [2.24, 2.45) is 4.99 Å².